The predicted molar refractivity (Wildman–Crippen MR) is 92.9 cm³/mol. The molecular weight excluding hydrogens is 290 g/mol. The van der Waals surface area contributed by atoms with Crippen LogP contribution in [0.5, 0.6) is 0 Å². The number of fused-ring (bicyclic) bond motifs is 2. The van der Waals surface area contributed by atoms with Gasteiger partial charge in [0.2, 0.25) is 5.91 Å². The Hall–Kier alpha value is -0.960. The Morgan fingerprint density at radius 2 is 1.95 bits per heavy atom. The maximum atomic E-state index is 12.6. The fraction of sp³-hybridized carbons (Fsp3) is 0.632. The van der Waals surface area contributed by atoms with E-state index in [1.807, 2.05) is 25.1 Å². The van der Waals surface area contributed by atoms with E-state index in [0.717, 1.165) is 17.2 Å². The standard InChI is InChI=1S/C19H27NOS/c1-13(22-15-8-6-5-7-9-15)17(21)20-16-12-14-10-11-19(16,4)18(14,2)3/h5-9,13-14,16H,10-12H2,1-4H3,(H,20,21). The third-order valence-corrected chi connectivity index (χ3v) is 7.65. The molecule has 0 aromatic heterocycles. The van der Waals surface area contributed by atoms with Crippen LogP contribution >= 0.6 is 11.8 Å². The monoisotopic (exact) mass is 317 g/mol. The smallest absolute Gasteiger partial charge is 0.233 e. The summed E-state index contributed by atoms with van der Waals surface area (Å²) in [5.41, 5.74) is 0.602. The van der Waals surface area contributed by atoms with Crippen LogP contribution in [-0.2, 0) is 4.79 Å². The lowest BCUT2D eigenvalue weighted by molar-refractivity contribution is -0.122. The molecule has 22 heavy (non-hydrogen) atoms. The number of carbonyl (C=O) groups is 1. The van der Waals surface area contributed by atoms with Crippen molar-refractivity contribution in [2.24, 2.45) is 16.7 Å². The van der Waals surface area contributed by atoms with Gasteiger partial charge in [0.15, 0.2) is 0 Å². The molecule has 2 aliphatic rings. The number of amides is 1. The molecule has 1 aromatic carbocycles. The summed E-state index contributed by atoms with van der Waals surface area (Å²) in [7, 11) is 0. The molecule has 120 valence electrons. The second kappa shape index (κ2) is 5.59. The minimum absolute atomic E-state index is 0.0479. The van der Waals surface area contributed by atoms with Gasteiger partial charge < -0.3 is 5.32 Å². The molecule has 1 N–H and O–H groups in total. The average Bonchev–Trinajstić information content (AvgIpc) is 2.81. The quantitative estimate of drug-likeness (QED) is 0.829. The van der Waals surface area contributed by atoms with Crippen LogP contribution in [0.1, 0.15) is 47.0 Å². The second-order valence-corrected chi connectivity index (χ2v) is 9.16. The minimum Gasteiger partial charge on any atom is -0.352 e. The van der Waals surface area contributed by atoms with Crippen LogP contribution in [0.4, 0.5) is 0 Å². The van der Waals surface area contributed by atoms with Crippen molar-refractivity contribution in [2.45, 2.75) is 63.1 Å². The van der Waals surface area contributed by atoms with E-state index in [1.165, 1.54) is 12.8 Å². The van der Waals surface area contributed by atoms with Gasteiger partial charge in [-0.1, -0.05) is 39.0 Å². The van der Waals surface area contributed by atoms with E-state index >= 15 is 0 Å². The molecule has 2 bridgehead atoms. The maximum Gasteiger partial charge on any atom is 0.233 e. The van der Waals surface area contributed by atoms with Gasteiger partial charge in [-0.05, 0) is 55.1 Å². The van der Waals surface area contributed by atoms with Crippen molar-refractivity contribution in [2.75, 3.05) is 0 Å². The van der Waals surface area contributed by atoms with Crippen LogP contribution in [0.15, 0.2) is 35.2 Å². The first-order chi connectivity index (χ1) is 10.3. The third-order valence-electron chi connectivity index (χ3n) is 6.54. The molecule has 0 heterocycles. The summed E-state index contributed by atoms with van der Waals surface area (Å²) < 4.78 is 0. The van der Waals surface area contributed by atoms with Gasteiger partial charge in [0, 0.05) is 10.9 Å². The lowest BCUT2D eigenvalue weighted by Crippen LogP contribution is -2.48. The van der Waals surface area contributed by atoms with E-state index in [9.17, 15) is 4.79 Å². The van der Waals surface area contributed by atoms with Gasteiger partial charge in [-0.15, -0.1) is 11.8 Å². The Kier molecular flexibility index (Phi) is 4.05. The van der Waals surface area contributed by atoms with Crippen molar-refractivity contribution in [3.05, 3.63) is 30.3 Å². The highest BCUT2D eigenvalue weighted by Gasteiger charge is 2.61. The van der Waals surface area contributed by atoms with E-state index in [4.69, 9.17) is 0 Å². The number of nitrogens with one attached hydrogen (secondary N) is 1. The summed E-state index contributed by atoms with van der Waals surface area (Å²) in [5.74, 6) is 0.948. The van der Waals surface area contributed by atoms with Crippen molar-refractivity contribution in [1.82, 2.24) is 5.32 Å². The van der Waals surface area contributed by atoms with Gasteiger partial charge in [0.25, 0.3) is 0 Å². The molecule has 3 rings (SSSR count). The molecule has 1 aromatic rings. The SMILES string of the molecule is CC(Sc1ccccc1)C(=O)NC1CC2CCC1(C)C2(C)C. The van der Waals surface area contributed by atoms with Gasteiger partial charge in [0.05, 0.1) is 5.25 Å². The van der Waals surface area contributed by atoms with E-state index in [0.29, 0.717) is 11.5 Å². The molecule has 0 radical (unpaired) electrons. The Labute approximate surface area is 138 Å². The molecule has 0 aliphatic heterocycles. The zero-order valence-corrected chi connectivity index (χ0v) is 14.9. The van der Waals surface area contributed by atoms with E-state index < -0.39 is 0 Å². The lowest BCUT2D eigenvalue weighted by atomic mass is 9.69. The summed E-state index contributed by atoms with van der Waals surface area (Å²) in [6.45, 7) is 9.16. The van der Waals surface area contributed by atoms with Gasteiger partial charge in [-0.3, -0.25) is 4.79 Å². The van der Waals surface area contributed by atoms with Crippen LogP contribution in [0.3, 0.4) is 0 Å². The van der Waals surface area contributed by atoms with Gasteiger partial charge in [-0.25, -0.2) is 0 Å². The second-order valence-electron chi connectivity index (χ2n) is 7.74. The minimum atomic E-state index is -0.0479. The molecule has 0 saturated heterocycles. The molecule has 1 amide bonds. The number of rotatable bonds is 4. The fourth-order valence-corrected chi connectivity index (χ4v) is 5.37. The van der Waals surface area contributed by atoms with Crippen LogP contribution in [-0.4, -0.2) is 17.2 Å². The number of hydrogen-bond acceptors (Lipinski definition) is 2. The molecule has 4 unspecified atom stereocenters. The first-order valence-electron chi connectivity index (χ1n) is 8.36. The Balaban J connectivity index is 1.63. The zero-order chi connectivity index (χ0) is 16.0. The Morgan fingerprint density at radius 1 is 1.27 bits per heavy atom. The largest absolute Gasteiger partial charge is 0.352 e. The van der Waals surface area contributed by atoms with Crippen molar-refractivity contribution < 1.29 is 4.79 Å². The van der Waals surface area contributed by atoms with Crippen molar-refractivity contribution in [1.29, 1.82) is 0 Å². The first kappa shape index (κ1) is 15.9. The fourth-order valence-electron chi connectivity index (χ4n) is 4.47. The summed E-state index contributed by atoms with van der Waals surface area (Å²) >= 11 is 1.64. The summed E-state index contributed by atoms with van der Waals surface area (Å²) in [4.78, 5) is 13.8. The lowest BCUT2D eigenvalue weighted by Gasteiger charge is -2.39. The normalized spacial score (nSPS) is 33.6. The molecular formula is C19H27NOS. The molecule has 2 aliphatic carbocycles. The average molecular weight is 317 g/mol. The highest BCUT2D eigenvalue weighted by molar-refractivity contribution is 8.00. The van der Waals surface area contributed by atoms with Crippen LogP contribution in [0.25, 0.3) is 0 Å². The molecule has 0 spiro atoms. The van der Waals surface area contributed by atoms with Gasteiger partial charge >= 0.3 is 0 Å². The summed E-state index contributed by atoms with van der Waals surface area (Å²) in [6.07, 6.45) is 3.72. The van der Waals surface area contributed by atoms with Crippen molar-refractivity contribution >= 4 is 17.7 Å². The maximum absolute atomic E-state index is 12.6. The van der Waals surface area contributed by atoms with E-state index in [-0.39, 0.29) is 16.6 Å². The molecule has 2 saturated carbocycles. The van der Waals surface area contributed by atoms with Crippen molar-refractivity contribution in [3.63, 3.8) is 0 Å². The van der Waals surface area contributed by atoms with E-state index in [1.54, 1.807) is 11.8 Å². The van der Waals surface area contributed by atoms with Crippen LogP contribution in [0.2, 0.25) is 0 Å². The number of hydrogen-bond donors (Lipinski definition) is 1. The summed E-state index contributed by atoms with van der Waals surface area (Å²) in [5, 5.41) is 3.32. The number of benzene rings is 1. The van der Waals surface area contributed by atoms with Gasteiger partial charge in [0.1, 0.15) is 0 Å². The van der Waals surface area contributed by atoms with Crippen LogP contribution < -0.4 is 5.32 Å². The molecule has 2 nitrogen and oxygen atoms in total. The van der Waals surface area contributed by atoms with Crippen LogP contribution in [0, 0.1) is 16.7 Å². The van der Waals surface area contributed by atoms with Gasteiger partial charge in [-0.2, -0.15) is 0 Å². The number of carbonyl (C=O) groups excluding carboxylic acids is 1. The third kappa shape index (κ3) is 2.47. The molecule has 3 heteroatoms. The Morgan fingerprint density at radius 3 is 2.50 bits per heavy atom. The first-order valence-corrected chi connectivity index (χ1v) is 9.24. The predicted octanol–water partition coefficient (Wildman–Crippen LogP) is 4.50. The Bertz CT molecular complexity index is 556. The molecule has 2 fully saturated rings. The topological polar surface area (TPSA) is 29.1 Å². The van der Waals surface area contributed by atoms with Crippen molar-refractivity contribution in [3.8, 4) is 0 Å². The zero-order valence-electron chi connectivity index (χ0n) is 14.1. The van der Waals surface area contributed by atoms with E-state index in [2.05, 4.69) is 38.2 Å². The summed E-state index contributed by atoms with van der Waals surface area (Å²) in [6, 6.07) is 10.5. The highest BCUT2D eigenvalue weighted by atomic mass is 32.2. The number of thioether (sulfide) groups is 1. The molecule has 4 atom stereocenters. The highest BCUT2D eigenvalue weighted by Crippen LogP contribution is 2.65.